The molecule has 2 atom stereocenters. The van der Waals surface area contributed by atoms with E-state index in [1.54, 1.807) is 6.20 Å². The van der Waals surface area contributed by atoms with Gasteiger partial charge in [-0.2, -0.15) is 5.10 Å². The summed E-state index contributed by atoms with van der Waals surface area (Å²) in [5.74, 6) is 0.906. The Morgan fingerprint density at radius 1 is 1.21 bits per heavy atom. The predicted octanol–water partition coefficient (Wildman–Crippen LogP) is 1.69. The second-order valence-electron chi connectivity index (χ2n) is 6.19. The third-order valence-corrected chi connectivity index (χ3v) is 4.53. The van der Waals surface area contributed by atoms with Crippen molar-refractivity contribution in [3.8, 4) is 11.4 Å². The molecule has 0 saturated carbocycles. The number of aliphatic hydroxyl groups is 1. The smallest absolute Gasteiger partial charge is 0.140 e. The normalized spacial score (nSPS) is 21.0. The van der Waals surface area contributed by atoms with Crippen molar-refractivity contribution in [2.45, 2.75) is 25.1 Å². The Labute approximate surface area is 140 Å². The monoisotopic (exact) mass is 323 g/mol. The Kier molecular flexibility index (Phi) is 4.15. The minimum Gasteiger partial charge on any atom is -0.390 e. The van der Waals surface area contributed by atoms with Crippen LogP contribution >= 0.6 is 0 Å². The molecular weight excluding hydrogens is 302 g/mol. The molecule has 1 aliphatic heterocycles. The Morgan fingerprint density at radius 3 is 3.00 bits per heavy atom. The number of nitrogens with one attached hydrogen (secondary N) is 1. The molecule has 0 spiro atoms. The summed E-state index contributed by atoms with van der Waals surface area (Å²) in [6.45, 7) is 2.28. The van der Waals surface area contributed by atoms with Gasteiger partial charge in [0.15, 0.2) is 0 Å². The van der Waals surface area contributed by atoms with Crippen molar-refractivity contribution >= 4 is 0 Å². The third-order valence-electron chi connectivity index (χ3n) is 4.53. The average Bonchev–Trinajstić information content (AvgIpc) is 3.27. The summed E-state index contributed by atoms with van der Waals surface area (Å²) < 4.78 is 4.01. The molecule has 0 bridgehead atoms. The van der Waals surface area contributed by atoms with E-state index in [0.717, 1.165) is 30.9 Å². The highest BCUT2D eigenvalue weighted by Gasteiger charge is 2.26. The summed E-state index contributed by atoms with van der Waals surface area (Å²) in [5, 5.41) is 17.8. The second-order valence-corrected chi connectivity index (χ2v) is 6.19. The molecule has 1 aliphatic rings. The number of β-amino-alcohol motifs (C(OH)–C–C–N with tert-alkyl or cyclic N) is 1. The van der Waals surface area contributed by atoms with Gasteiger partial charge in [0.05, 0.1) is 18.7 Å². The Morgan fingerprint density at radius 2 is 2.17 bits per heavy atom. The number of nitrogens with zero attached hydrogens (tertiary/aromatic N) is 4. The molecule has 1 aromatic carbocycles. The van der Waals surface area contributed by atoms with Crippen LogP contribution in [-0.4, -0.2) is 43.6 Å². The van der Waals surface area contributed by atoms with Gasteiger partial charge in [0.2, 0.25) is 0 Å². The molecule has 0 radical (unpaired) electrons. The maximum atomic E-state index is 10.3. The summed E-state index contributed by atoms with van der Waals surface area (Å²) in [4.78, 5) is 4.54. The fourth-order valence-corrected chi connectivity index (χ4v) is 3.35. The SMILES string of the molecule is O[C@H]1CNCC[C@@H]1n1ccnc1-c1cccc(Cn2cccn2)c1. The van der Waals surface area contributed by atoms with Crippen LogP contribution in [0.3, 0.4) is 0 Å². The molecule has 6 nitrogen and oxygen atoms in total. The van der Waals surface area contributed by atoms with Crippen LogP contribution in [0.5, 0.6) is 0 Å². The maximum Gasteiger partial charge on any atom is 0.140 e. The predicted molar refractivity (Wildman–Crippen MR) is 91.5 cm³/mol. The van der Waals surface area contributed by atoms with E-state index in [1.165, 1.54) is 5.56 Å². The number of aliphatic hydroxyl groups excluding tert-OH is 1. The number of hydrogen-bond donors (Lipinski definition) is 2. The number of aromatic nitrogens is 4. The summed E-state index contributed by atoms with van der Waals surface area (Å²) in [6.07, 6.45) is 8.03. The van der Waals surface area contributed by atoms with Crippen molar-refractivity contribution in [1.29, 1.82) is 0 Å². The highest BCUT2D eigenvalue weighted by molar-refractivity contribution is 5.57. The topological polar surface area (TPSA) is 67.9 Å². The van der Waals surface area contributed by atoms with E-state index in [-0.39, 0.29) is 12.1 Å². The van der Waals surface area contributed by atoms with Gasteiger partial charge in [-0.1, -0.05) is 18.2 Å². The second kappa shape index (κ2) is 6.59. The first-order valence-corrected chi connectivity index (χ1v) is 8.29. The Hall–Kier alpha value is -2.44. The number of benzene rings is 1. The summed E-state index contributed by atoms with van der Waals surface area (Å²) in [6, 6.07) is 10.4. The van der Waals surface area contributed by atoms with E-state index >= 15 is 0 Å². The molecule has 3 aromatic rings. The Balaban J connectivity index is 1.63. The van der Waals surface area contributed by atoms with Gasteiger partial charge in [-0.15, -0.1) is 0 Å². The lowest BCUT2D eigenvalue weighted by Gasteiger charge is -2.30. The molecule has 0 amide bonds. The minimum absolute atomic E-state index is 0.0681. The molecule has 0 aliphatic carbocycles. The van der Waals surface area contributed by atoms with Gasteiger partial charge in [-0.3, -0.25) is 4.68 Å². The van der Waals surface area contributed by atoms with Crippen LogP contribution in [0.2, 0.25) is 0 Å². The lowest BCUT2D eigenvalue weighted by molar-refractivity contribution is 0.0880. The van der Waals surface area contributed by atoms with E-state index < -0.39 is 0 Å². The van der Waals surface area contributed by atoms with Crippen LogP contribution < -0.4 is 5.32 Å². The molecule has 24 heavy (non-hydrogen) atoms. The van der Waals surface area contributed by atoms with Crippen LogP contribution in [-0.2, 0) is 6.54 Å². The van der Waals surface area contributed by atoms with Gasteiger partial charge in [0, 0.05) is 36.9 Å². The standard InChI is InChI=1S/C18H21N5O/c24-17-12-19-7-5-16(17)23-10-8-20-18(23)15-4-1-3-14(11-15)13-22-9-2-6-21-22/h1-4,6,8-11,16-17,19,24H,5,7,12-13H2/t16-,17-/m0/s1. The zero-order valence-corrected chi connectivity index (χ0v) is 13.4. The van der Waals surface area contributed by atoms with E-state index in [9.17, 15) is 5.11 Å². The number of piperidine rings is 1. The molecular formula is C18H21N5O. The third kappa shape index (κ3) is 2.98. The van der Waals surface area contributed by atoms with Crippen LogP contribution in [0, 0.1) is 0 Å². The Bertz CT molecular complexity index is 795. The van der Waals surface area contributed by atoms with E-state index in [2.05, 4.69) is 38.2 Å². The molecule has 1 fully saturated rings. The van der Waals surface area contributed by atoms with E-state index in [0.29, 0.717) is 6.54 Å². The maximum absolute atomic E-state index is 10.3. The lowest BCUT2D eigenvalue weighted by atomic mass is 10.0. The highest BCUT2D eigenvalue weighted by atomic mass is 16.3. The van der Waals surface area contributed by atoms with Gasteiger partial charge in [-0.05, 0) is 30.7 Å². The van der Waals surface area contributed by atoms with Crippen molar-refractivity contribution in [2.24, 2.45) is 0 Å². The van der Waals surface area contributed by atoms with Gasteiger partial charge in [-0.25, -0.2) is 4.98 Å². The first kappa shape index (κ1) is 15.1. The fraction of sp³-hybridized carbons (Fsp3) is 0.333. The largest absolute Gasteiger partial charge is 0.390 e. The molecule has 1 saturated heterocycles. The molecule has 124 valence electrons. The molecule has 2 N–H and O–H groups in total. The first-order valence-electron chi connectivity index (χ1n) is 8.29. The van der Waals surface area contributed by atoms with Crippen molar-refractivity contribution in [3.63, 3.8) is 0 Å². The zero-order valence-electron chi connectivity index (χ0n) is 13.4. The van der Waals surface area contributed by atoms with E-state index in [1.807, 2.05) is 35.4 Å². The lowest BCUT2D eigenvalue weighted by Crippen LogP contribution is -2.41. The summed E-state index contributed by atoms with van der Waals surface area (Å²) in [7, 11) is 0. The minimum atomic E-state index is -0.390. The number of rotatable bonds is 4. The van der Waals surface area contributed by atoms with E-state index in [4.69, 9.17) is 0 Å². The summed E-state index contributed by atoms with van der Waals surface area (Å²) in [5.41, 5.74) is 2.24. The average molecular weight is 323 g/mol. The quantitative estimate of drug-likeness (QED) is 0.767. The van der Waals surface area contributed by atoms with Crippen molar-refractivity contribution < 1.29 is 5.11 Å². The van der Waals surface area contributed by atoms with Crippen molar-refractivity contribution in [1.82, 2.24) is 24.6 Å². The van der Waals surface area contributed by atoms with Gasteiger partial charge >= 0.3 is 0 Å². The summed E-state index contributed by atoms with van der Waals surface area (Å²) >= 11 is 0. The molecule has 4 rings (SSSR count). The van der Waals surface area contributed by atoms with Gasteiger partial charge in [0.1, 0.15) is 5.82 Å². The molecule has 3 heterocycles. The number of hydrogen-bond acceptors (Lipinski definition) is 4. The van der Waals surface area contributed by atoms with Crippen LogP contribution in [0.15, 0.2) is 55.1 Å². The van der Waals surface area contributed by atoms with Crippen molar-refractivity contribution in [2.75, 3.05) is 13.1 Å². The van der Waals surface area contributed by atoms with Crippen LogP contribution in [0.4, 0.5) is 0 Å². The van der Waals surface area contributed by atoms with Gasteiger partial charge in [0.25, 0.3) is 0 Å². The zero-order chi connectivity index (χ0) is 16.4. The highest BCUT2D eigenvalue weighted by Crippen LogP contribution is 2.27. The molecule has 2 aromatic heterocycles. The van der Waals surface area contributed by atoms with Gasteiger partial charge < -0.3 is 15.0 Å². The van der Waals surface area contributed by atoms with Crippen LogP contribution in [0.1, 0.15) is 18.0 Å². The molecule has 0 unspecified atom stereocenters. The van der Waals surface area contributed by atoms with Crippen LogP contribution in [0.25, 0.3) is 11.4 Å². The fourth-order valence-electron chi connectivity index (χ4n) is 3.35. The number of imidazole rings is 1. The first-order chi connectivity index (χ1) is 11.8. The molecule has 6 heteroatoms. The van der Waals surface area contributed by atoms with Crippen molar-refractivity contribution in [3.05, 3.63) is 60.7 Å².